The molecule has 0 radical (unpaired) electrons. The van der Waals surface area contributed by atoms with Crippen molar-refractivity contribution in [2.45, 2.75) is 57.6 Å². The summed E-state index contributed by atoms with van der Waals surface area (Å²) in [5.41, 5.74) is 1.02. The van der Waals surface area contributed by atoms with Crippen LogP contribution in [0.15, 0.2) is 30.3 Å². The zero-order chi connectivity index (χ0) is 22.6. The summed E-state index contributed by atoms with van der Waals surface area (Å²) in [4.78, 5) is 27.8. The van der Waals surface area contributed by atoms with E-state index in [0.717, 1.165) is 18.4 Å². The van der Waals surface area contributed by atoms with E-state index in [1.165, 1.54) is 19.3 Å². The molecular formula is C25H35N3O4. The van der Waals surface area contributed by atoms with Gasteiger partial charge in [-0.05, 0) is 17.9 Å². The Morgan fingerprint density at radius 3 is 2.56 bits per heavy atom. The Balaban J connectivity index is 1.55. The van der Waals surface area contributed by atoms with Crippen molar-refractivity contribution in [1.29, 1.82) is 5.26 Å². The van der Waals surface area contributed by atoms with Gasteiger partial charge in [0.25, 0.3) is 0 Å². The summed E-state index contributed by atoms with van der Waals surface area (Å²) < 4.78 is 11.0. The summed E-state index contributed by atoms with van der Waals surface area (Å²) in [6.45, 7) is 2.73. The van der Waals surface area contributed by atoms with Gasteiger partial charge in [-0.3, -0.25) is 9.59 Å². The number of hydrogen-bond acceptors (Lipinski definition) is 5. The van der Waals surface area contributed by atoms with Crippen molar-refractivity contribution in [3.63, 3.8) is 0 Å². The first-order valence-corrected chi connectivity index (χ1v) is 11.8. The van der Waals surface area contributed by atoms with Crippen molar-refractivity contribution < 1.29 is 19.1 Å². The monoisotopic (exact) mass is 441 g/mol. The predicted molar refractivity (Wildman–Crippen MR) is 120 cm³/mol. The molecule has 0 aromatic heterocycles. The van der Waals surface area contributed by atoms with Gasteiger partial charge in [0.2, 0.25) is 11.8 Å². The van der Waals surface area contributed by atoms with Crippen LogP contribution < -0.4 is 5.32 Å². The van der Waals surface area contributed by atoms with Crippen molar-refractivity contribution in [1.82, 2.24) is 10.2 Å². The van der Waals surface area contributed by atoms with Crippen LogP contribution in [-0.2, 0) is 25.7 Å². The molecular weight excluding hydrogens is 406 g/mol. The molecule has 7 nitrogen and oxygen atoms in total. The molecule has 0 unspecified atom stereocenters. The molecule has 174 valence electrons. The Hall–Kier alpha value is -2.43. The van der Waals surface area contributed by atoms with Gasteiger partial charge in [-0.1, -0.05) is 62.4 Å². The standard InChI is InChI=1S/C25H35N3O4/c26-17-23(19-32-18-21-9-5-2-6-10-21)27-25(30)22(15-20-7-3-1-4-8-20)16-24(29)28-11-13-31-14-12-28/h2,5-6,9-10,20,22-23H,1,3-4,7-8,11-16,18-19H2,(H,27,30)/t22-,23-/m1/s1. The van der Waals surface area contributed by atoms with Crippen LogP contribution in [0.3, 0.4) is 0 Å². The summed E-state index contributed by atoms with van der Waals surface area (Å²) >= 11 is 0. The lowest BCUT2D eigenvalue weighted by Gasteiger charge is -2.30. The Labute approximate surface area is 191 Å². The quantitative estimate of drug-likeness (QED) is 0.603. The number of nitrogens with one attached hydrogen (secondary N) is 1. The van der Waals surface area contributed by atoms with Crippen molar-refractivity contribution >= 4 is 11.8 Å². The lowest BCUT2D eigenvalue weighted by molar-refractivity contribution is -0.140. The number of carbonyl (C=O) groups excluding carboxylic acids is 2. The second kappa shape index (κ2) is 13.2. The average molecular weight is 442 g/mol. The highest BCUT2D eigenvalue weighted by atomic mass is 16.5. The van der Waals surface area contributed by atoms with Crippen LogP contribution in [-0.4, -0.2) is 55.7 Å². The van der Waals surface area contributed by atoms with Gasteiger partial charge in [0, 0.05) is 25.4 Å². The molecule has 0 spiro atoms. The zero-order valence-corrected chi connectivity index (χ0v) is 18.8. The minimum atomic E-state index is -0.737. The molecule has 1 heterocycles. The number of rotatable bonds is 10. The van der Waals surface area contributed by atoms with Crippen molar-refractivity contribution in [2.24, 2.45) is 11.8 Å². The number of benzene rings is 1. The third-order valence-electron chi connectivity index (χ3n) is 6.37. The Kier molecular flexibility index (Phi) is 9.98. The van der Waals surface area contributed by atoms with E-state index in [1.54, 1.807) is 4.90 Å². The van der Waals surface area contributed by atoms with Crippen molar-refractivity contribution in [2.75, 3.05) is 32.9 Å². The number of morpholine rings is 1. The molecule has 0 bridgehead atoms. The molecule has 1 saturated carbocycles. The van der Waals surface area contributed by atoms with Gasteiger partial charge in [0.1, 0.15) is 6.04 Å². The maximum atomic E-state index is 13.1. The summed E-state index contributed by atoms with van der Waals surface area (Å²) in [7, 11) is 0. The van der Waals surface area contributed by atoms with Gasteiger partial charge in [-0.25, -0.2) is 0 Å². The van der Waals surface area contributed by atoms with E-state index in [0.29, 0.717) is 45.2 Å². The van der Waals surface area contributed by atoms with E-state index >= 15 is 0 Å². The first kappa shape index (κ1) is 24.2. The van der Waals surface area contributed by atoms with Gasteiger partial charge < -0.3 is 19.7 Å². The number of hydrogen-bond donors (Lipinski definition) is 1. The topological polar surface area (TPSA) is 91.7 Å². The molecule has 2 fully saturated rings. The first-order valence-electron chi connectivity index (χ1n) is 11.8. The summed E-state index contributed by atoms with van der Waals surface area (Å²) in [5, 5.41) is 12.4. The highest BCUT2D eigenvalue weighted by Crippen LogP contribution is 2.30. The highest BCUT2D eigenvalue weighted by molar-refractivity contribution is 5.86. The second-order valence-electron chi connectivity index (χ2n) is 8.82. The number of ether oxygens (including phenoxy) is 2. The van der Waals surface area contributed by atoms with Crippen molar-refractivity contribution in [3.8, 4) is 6.07 Å². The molecule has 2 amide bonds. The second-order valence-corrected chi connectivity index (χ2v) is 8.82. The summed E-state index contributed by atoms with van der Waals surface area (Å²) in [6.07, 6.45) is 6.72. The highest BCUT2D eigenvalue weighted by Gasteiger charge is 2.30. The Morgan fingerprint density at radius 1 is 1.16 bits per heavy atom. The molecule has 1 aromatic carbocycles. The fourth-order valence-electron chi connectivity index (χ4n) is 4.53. The van der Waals surface area contributed by atoms with Gasteiger partial charge in [-0.2, -0.15) is 5.26 Å². The van der Waals surface area contributed by atoms with Crippen LogP contribution in [0.2, 0.25) is 0 Å². The van der Waals surface area contributed by atoms with Crippen LogP contribution in [0, 0.1) is 23.2 Å². The predicted octanol–water partition coefficient (Wildman–Crippen LogP) is 3.05. The third kappa shape index (κ3) is 7.92. The van der Waals surface area contributed by atoms with Gasteiger partial charge in [0.15, 0.2) is 0 Å². The van der Waals surface area contributed by atoms with E-state index in [9.17, 15) is 14.9 Å². The van der Waals surface area contributed by atoms with Gasteiger partial charge >= 0.3 is 0 Å². The molecule has 7 heteroatoms. The molecule has 32 heavy (non-hydrogen) atoms. The van der Waals surface area contributed by atoms with Crippen LogP contribution in [0.25, 0.3) is 0 Å². The van der Waals surface area contributed by atoms with Crippen LogP contribution in [0.4, 0.5) is 0 Å². The van der Waals surface area contributed by atoms with Gasteiger partial charge in [-0.15, -0.1) is 0 Å². The average Bonchev–Trinajstić information content (AvgIpc) is 2.84. The van der Waals surface area contributed by atoms with Gasteiger partial charge in [0.05, 0.1) is 32.5 Å². The largest absolute Gasteiger partial charge is 0.378 e. The van der Waals surface area contributed by atoms with E-state index < -0.39 is 12.0 Å². The minimum Gasteiger partial charge on any atom is -0.378 e. The summed E-state index contributed by atoms with van der Waals surface area (Å²) in [6, 6.07) is 11.1. The van der Waals surface area contributed by atoms with Crippen LogP contribution in [0.5, 0.6) is 0 Å². The lowest BCUT2D eigenvalue weighted by Crippen LogP contribution is -2.45. The number of amides is 2. The van der Waals surface area contributed by atoms with E-state index in [2.05, 4.69) is 11.4 Å². The molecule has 2 atom stereocenters. The third-order valence-corrected chi connectivity index (χ3v) is 6.37. The first-order chi connectivity index (χ1) is 15.7. The van der Waals surface area contributed by atoms with Crippen LogP contribution in [0.1, 0.15) is 50.5 Å². The lowest BCUT2D eigenvalue weighted by atomic mass is 9.81. The fourth-order valence-corrected chi connectivity index (χ4v) is 4.53. The fraction of sp³-hybridized carbons (Fsp3) is 0.640. The maximum Gasteiger partial charge on any atom is 0.224 e. The molecule has 1 aliphatic carbocycles. The summed E-state index contributed by atoms with van der Waals surface area (Å²) in [5.74, 6) is -0.171. The maximum absolute atomic E-state index is 13.1. The zero-order valence-electron chi connectivity index (χ0n) is 18.8. The van der Waals surface area contributed by atoms with E-state index in [1.807, 2.05) is 30.3 Å². The number of carbonyl (C=O) groups is 2. The Morgan fingerprint density at radius 2 is 1.88 bits per heavy atom. The molecule has 1 N–H and O–H groups in total. The smallest absolute Gasteiger partial charge is 0.224 e. The molecule has 1 saturated heterocycles. The molecule has 2 aliphatic rings. The molecule has 3 rings (SSSR count). The Bertz CT molecular complexity index is 752. The van der Waals surface area contributed by atoms with Crippen molar-refractivity contribution in [3.05, 3.63) is 35.9 Å². The number of nitriles is 1. The number of nitrogens with zero attached hydrogens (tertiary/aromatic N) is 2. The SMILES string of the molecule is N#C[C@H](COCc1ccccc1)NC(=O)[C@@H](CC(=O)N1CCOCC1)CC1CCCCC1. The van der Waals surface area contributed by atoms with Crippen LogP contribution >= 0.6 is 0 Å². The van der Waals surface area contributed by atoms with E-state index in [-0.39, 0.29) is 24.8 Å². The minimum absolute atomic E-state index is 0.00176. The molecule has 1 aromatic rings. The van der Waals surface area contributed by atoms with E-state index in [4.69, 9.17) is 9.47 Å². The molecule has 1 aliphatic heterocycles. The normalized spacial score (nSPS) is 19.0.